The molecule has 3 aliphatic rings. The number of likely N-dealkylation sites (tertiary alicyclic amines) is 1. The van der Waals surface area contributed by atoms with E-state index in [1.165, 1.54) is 24.3 Å². The van der Waals surface area contributed by atoms with Crippen molar-refractivity contribution < 1.29 is 9.53 Å². The Kier molecular flexibility index (Phi) is 7.01. The van der Waals surface area contributed by atoms with Crippen molar-refractivity contribution in [3.05, 3.63) is 47.0 Å². The van der Waals surface area contributed by atoms with Gasteiger partial charge in [0.15, 0.2) is 0 Å². The molecule has 1 spiro atoms. The summed E-state index contributed by atoms with van der Waals surface area (Å²) in [7, 11) is 0. The molecule has 1 amide bonds. The zero-order chi connectivity index (χ0) is 24.5. The number of carbonyl (C=O) groups excluding carboxylic acids is 1. The lowest BCUT2D eigenvalue weighted by Crippen LogP contribution is -2.35. The molecule has 8 heteroatoms. The number of hydrogen-bond acceptors (Lipinski definition) is 7. The average Bonchev–Trinajstić information content (AvgIpc) is 3.63. The number of nitrogens with zero attached hydrogens (tertiary/aromatic N) is 4. The summed E-state index contributed by atoms with van der Waals surface area (Å²) >= 11 is 3.44. The molecule has 0 bridgehead atoms. The van der Waals surface area contributed by atoms with E-state index in [1.54, 1.807) is 23.1 Å². The highest BCUT2D eigenvalue weighted by Gasteiger charge is 2.41. The standard InChI is InChI=1S/C28H34N4O2S2/c1-35-22-16-29-25(30-17-22)13-19-2-3-20(12-19)14-26-31-23-5-4-21(15-24(23)36-26)27(33)32-9-6-28(18-32)7-10-34-11-8-28/h4-5,15-17,19-20H,2-3,6-14,18H2,1H3/t19-,20-/m0/s1. The normalized spacial score (nSPS) is 23.6. The van der Waals surface area contributed by atoms with E-state index in [0.717, 1.165) is 84.9 Å². The van der Waals surface area contributed by atoms with Crippen molar-refractivity contribution in [3.8, 4) is 0 Å². The molecule has 36 heavy (non-hydrogen) atoms. The highest BCUT2D eigenvalue weighted by Crippen LogP contribution is 2.40. The molecule has 190 valence electrons. The smallest absolute Gasteiger partial charge is 0.253 e. The molecule has 6 nitrogen and oxygen atoms in total. The second kappa shape index (κ2) is 10.4. The molecule has 3 fully saturated rings. The predicted octanol–water partition coefficient (Wildman–Crippen LogP) is 5.65. The number of benzene rings is 1. The van der Waals surface area contributed by atoms with E-state index in [0.29, 0.717) is 11.8 Å². The van der Waals surface area contributed by atoms with Gasteiger partial charge in [0.25, 0.3) is 5.91 Å². The first-order valence-electron chi connectivity index (χ1n) is 13.2. The predicted molar refractivity (Wildman–Crippen MR) is 145 cm³/mol. The Balaban J connectivity index is 1.07. The van der Waals surface area contributed by atoms with Crippen LogP contribution in [0, 0.1) is 17.3 Å². The fraction of sp³-hybridized carbons (Fsp3) is 0.571. The number of amides is 1. The van der Waals surface area contributed by atoms with E-state index in [9.17, 15) is 4.79 Å². The number of rotatable bonds is 6. The molecule has 2 aromatic heterocycles. The van der Waals surface area contributed by atoms with E-state index in [4.69, 9.17) is 9.72 Å². The molecule has 1 aliphatic carbocycles. The summed E-state index contributed by atoms with van der Waals surface area (Å²) < 4.78 is 6.69. The van der Waals surface area contributed by atoms with E-state index in [1.807, 2.05) is 24.5 Å². The first-order chi connectivity index (χ1) is 17.6. The van der Waals surface area contributed by atoms with Crippen LogP contribution in [0.15, 0.2) is 35.5 Å². The van der Waals surface area contributed by atoms with Gasteiger partial charge in [-0.15, -0.1) is 23.1 Å². The van der Waals surface area contributed by atoms with Crippen molar-refractivity contribution in [1.29, 1.82) is 0 Å². The molecule has 0 N–H and O–H groups in total. The Labute approximate surface area is 221 Å². The quantitative estimate of drug-likeness (QED) is 0.390. The molecule has 2 saturated heterocycles. The Morgan fingerprint density at radius 3 is 2.69 bits per heavy atom. The van der Waals surface area contributed by atoms with Gasteiger partial charge in [-0.2, -0.15) is 0 Å². The lowest BCUT2D eigenvalue weighted by atomic mass is 9.80. The number of aromatic nitrogens is 3. The molecule has 2 aliphatic heterocycles. The Morgan fingerprint density at radius 2 is 1.92 bits per heavy atom. The van der Waals surface area contributed by atoms with Gasteiger partial charge in [-0.25, -0.2) is 15.0 Å². The molecule has 0 unspecified atom stereocenters. The van der Waals surface area contributed by atoms with Gasteiger partial charge in [0.05, 0.1) is 15.2 Å². The van der Waals surface area contributed by atoms with Crippen LogP contribution in [-0.2, 0) is 17.6 Å². The molecule has 4 heterocycles. The molecule has 1 aromatic carbocycles. The fourth-order valence-electron chi connectivity index (χ4n) is 6.30. The van der Waals surface area contributed by atoms with Crippen LogP contribution in [0.5, 0.6) is 0 Å². The van der Waals surface area contributed by atoms with Crippen molar-refractivity contribution in [3.63, 3.8) is 0 Å². The van der Waals surface area contributed by atoms with E-state index < -0.39 is 0 Å². The van der Waals surface area contributed by atoms with Gasteiger partial charge >= 0.3 is 0 Å². The number of ether oxygens (including phenoxy) is 1. The zero-order valence-electron chi connectivity index (χ0n) is 20.9. The largest absolute Gasteiger partial charge is 0.381 e. The van der Waals surface area contributed by atoms with Crippen LogP contribution in [0.3, 0.4) is 0 Å². The van der Waals surface area contributed by atoms with Gasteiger partial charge < -0.3 is 9.64 Å². The second-order valence-corrected chi connectivity index (χ2v) is 12.9. The third kappa shape index (κ3) is 5.18. The van der Waals surface area contributed by atoms with Crippen molar-refractivity contribution in [2.75, 3.05) is 32.6 Å². The van der Waals surface area contributed by atoms with Gasteiger partial charge in [0.2, 0.25) is 0 Å². The molecule has 3 aromatic rings. The minimum Gasteiger partial charge on any atom is -0.381 e. The summed E-state index contributed by atoms with van der Waals surface area (Å²) in [4.78, 5) is 30.5. The van der Waals surface area contributed by atoms with Crippen molar-refractivity contribution in [2.24, 2.45) is 17.3 Å². The molecule has 0 radical (unpaired) electrons. The summed E-state index contributed by atoms with van der Waals surface area (Å²) in [6, 6.07) is 6.08. The summed E-state index contributed by atoms with van der Waals surface area (Å²) in [6.45, 7) is 3.40. The highest BCUT2D eigenvalue weighted by atomic mass is 32.2. The van der Waals surface area contributed by atoms with Crippen LogP contribution in [0.4, 0.5) is 0 Å². The topological polar surface area (TPSA) is 68.2 Å². The van der Waals surface area contributed by atoms with Crippen LogP contribution in [0.1, 0.15) is 59.7 Å². The first kappa shape index (κ1) is 24.3. The minimum absolute atomic E-state index is 0.168. The average molecular weight is 523 g/mol. The molecule has 6 rings (SSSR count). The molecule has 2 atom stereocenters. The van der Waals surface area contributed by atoms with E-state index >= 15 is 0 Å². The van der Waals surface area contributed by atoms with Crippen molar-refractivity contribution >= 4 is 39.2 Å². The Hall–Kier alpha value is -2.03. The Bertz CT molecular complexity index is 1220. The second-order valence-electron chi connectivity index (χ2n) is 10.9. The van der Waals surface area contributed by atoms with Crippen molar-refractivity contribution in [1.82, 2.24) is 19.9 Å². The number of thioether (sulfide) groups is 1. The lowest BCUT2D eigenvalue weighted by Gasteiger charge is -2.33. The number of hydrogen-bond donors (Lipinski definition) is 0. The van der Waals surface area contributed by atoms with Crippen LogP contribution < -0.4 is 0 Å². The van der Waals surface area contributed by atoms with E-state index in [2.05, 4.69) is 27.2 Å². The third-order valence-corrected chi connectivity index (χ3v) is 10.2. The van der Waals surface area contributed by atoms with Crippen molar-refractivity contribution in [2.45, 2.75) is 56.3 Å². The SMILES string of the molecule is CSc1cnc(C[C@H]2CC[C@H](Cc3nc4ccc(C(=O)N5CCC6(CCOCC6)C5)cc4s3)C2)nc1. The zero-order valence-corrected chi connectivity index (χ0v) is 22.6. The summed E-state index contributed by atoms with van der Waals surface area (Å²) in [5.41, 5.74) is 2.10. The maximum atomic E-state index is 13.3. The monoisotopic (exact) mass is 522 g/mol. The summed E-state index contributed by atoms with van der Waals surface area (Å²) in [5, 5.41) is 1.20. The number of carbonyl (C=O) groups is 1. The fourth-order valence-corrected chi connectivity index (χ4v) is 7.74. The van der Waals surface area contributed by atoms with Gasteiger partial charge in [0, 0.05) is 62.0 Å². The molecule has 1 saturated carbocycles. The van der Waals surface area contributed by atoms with Gasteiger partial charge in [-0.3, -0.25) is 4.79 Å². The summed E-state index contributed by atoms with van der Waals surface area (Å²) in [6.07, 6.45) is 14.9. The first-order valence-corrected chi connectivity index (χ1v) is 15.2. The highest BCUT2D eigenvalue weighted by molar-refractivity contribution is 7.98. The summed E-state index contributed by atoms with van der Waals surface area (Å²) in [5.74, 6) is 2.47. The van der Waals surface area contributed by atoms with Crippen LogP contribution in [0.2, 0.25) is 0 Å². The van der Waals surface area contributed by atoms with Gasteiger partial charge in [-0.05, 0) is 80.2 Å². The van der Waals surface area contributed by atoms with E-state index in [-0.39, 0.29) is 11.3 Å². The number of fused-ring (bicyclic) bond motifs is 1. The number of thiazole rings is 1. The maximum Gasteiger partial charge on any atom is 0.253 e. The minimum atomic E-state index is 0.168. The lowest BCUT2D eigenvalue weighted by molar-refractivity contribution is 0.0191. The van der Waals surface area contributed by atoms with Crippen LogP contribution in [-0.4, -0.2) is 58.3 Å². The molecular formula is C28H34N4O2S2. The van der Waals surface area contributed by atoms with Crippen LogP contribution >= 0.6 is 23.1 Å². The molecular weight excluding hydrogens is 488 g/mol. The van der Waals surface area contributed by atoms with Crippen LogP contribution in [0.25, 0.3) is 10.2 Å². The third-order valence-electron chi connectivity index (χ3n) is 8.46. The maximum absolute atomic E-state index is 13.3. The van der Waals surface area contributed by atoms with Gasteiger partial charge in [-0.1, -0.05) is 0 Å². The van der Waals surface area contributed by atoms with Gasteiger partial charge in [0.1, 0.15) is 5.82 Å². The Morgan fingerprint density at radius 1 is 1.14 bits per heavy atom.